The van der Waals surface area contributed by atoms with Crippen molar-refractivity contribution in [3.8, 4) is 0 Å². The average Bonchev–Trinajstić information content (AvgIpc) is 3.01. The smallest absolute Gasteiger partial charge is 0.242 e. The zero-order valence-corrected chi connectivity index (χ0v) is 11.1. The summed E-state index contributed by atoms with van der Waals surface area (Å²) in [6.45, 7) is 4.20. The van der Waals surface area contributed by atoms with E-state index in [0.29, 0.717) is 6.54 Å². The summed E-state index contributed by atoms with van der Waals surface area (Å²) in [6, 6.07) is -0.333. The molecule has 0 aromatic carbocycles. The largest absolute Gasteiger partial charge is 0.389 e. The van der Waals surface area contributed by atoms with Crippen molar-refractivity contribution in [2.24, 2.45) is 5.92 Å². The normalized spacial score (nSPS) is 24.2. The molecular weight excluding hydrogens is 232 g/mol. The maximum atomic E-state index is 12.0. The summed E-state index contributed by atoms with van der Waals surface area (Å²) in [5.41, 5.74) is -0.917. The number of nitrogens with zero attached hydrogens (tertiary/aromatic N) is 1. The van der Waals surface area contributed by atoms with Gasteiger partial charge in [-0.3, -0.25) is 9.59 Å². The Bertz CT molecular complexity index is 345. The Kier molecular flexibility index (Phi) is 3.61. The third-order valence-corrected chi connectivity index (χ3v) is 3.46. The van der Waals surface area contributed by atoms with Crippen LogP contribution < -0.4 is 5.32 Å². The van der Waals surface area contributed by atoms with Crippen molar-refractivity contribution >= 4 is 11.8 Å². The van der Waals surface area contributed by atoms with Gasteiger partial charge in [-0.2, -0.15) is 0 Å². The molecule has 2 aliphatic rings. The quantitative estimate of drug-likeness (QED) is 0.757. The highest BCUT2D eigenvalue weighted by Gasteiger charge is 2.40. The van der Waals surface area contributed by atoms with E-state index in [1.165, 1.54) is 0 Å². The van der Waals surface area contributed by atoms with E-state index in [9.17, 15) is 14.7 Å². The lowest BCUT2D eigenvalue weighted by molar-refractivity contribution is -0.139. The van der Waals surface area contributed by atoms with Crippen LogP contribution in [0.4, 0.5) is 0 Å². The molecule has 1 aliphatic heterocycles. The minimum atomic E-state index is -0.917. The Balaban J connectivity index is 1.90. The highest BCUT2D eigenvalue weighted by atomic mass is 16.3. The van der Waals surface area contributed by atoms with Crippen LogP contribution in [0, 0.1) is 5.92 Å². The number of rotatable bonds is 4. The van der Waals surface area contributed by atoms with Gasteiger partial charge in [0, 0.05) is 19.0 Å². The molecular formula is C13H22N2O3. The zero-order valence-electron chi connectivity index (χ0n) is 11.1. The number of hydrogen-bond donors (Lipinski definition) is 2. The molecule has 0 radical (unpaired) electrons. The maximum absolute atomic E-state index is 12.0. The van der Waals surface area contributed by atoms with E-state index < -0.39 is 5.60 Å². The van der Waals surface area contributed by atoms with Crippen LogP contribution in [0.5, 0.6) is 0 Å². The van der Waals surface area contributed by atoms with Gasteiger partial charge in [0.2, 0.25) is 11.8 Å². The van der Waals surface area contributed by atoms with Crippen molar-refractivity contribution in [1.82, 2.24) is 10.2 Å². The fourth-order valence-corrected chi connectivity index (χ4v) is 2.29. The van der Waals surface area contributed by atoms with Crippen LogP contribution in [-0.4, -0.2) is 46.6 Å². The first-order valence-electron chi connectivity index (χ1n) is 6.69. The molecule has 0 aromatic rings. The molecule has 2 N–H and O–H groups in total. The number of nitrogens with one attached hydrogen (secondary N) is 1. The van der Waals surface area contributed by atoms with Crippen molar-refractivity contribution in [3.63, 3.8) is 0 Å². The fourth-order valence-electron chi connectivity index (χ4n) is 2.29. The Morgan fingerprint density at radius 1 is 1.33 bits per heavy atom. The van der Waals surface area contributed by atoms with Crippen molar-refractivity contribution in [1.29, 1.82) is 0 Å². The van der Waals surface area contributed by atoms with Gasteiger partial charge in [-0.05, 0) is 39.5 Å². The van der Waals surface area contributed by atoms with Crippen LogP contribution in [0.1, 0.15) is 39.5 Å². The molecule has 102 valence electrons. The predicted octanol–water partition coefficient (Wildman–Crippen LogP) is 0.274. The Labute approximate surface area is 108 Å². The van der Waals surface area contributed by atoms with Gasteiger partial charge < -0.3 is 15.3 Å². The van der Waals surface area contributed by atoms with E-state index in [-0.39, 0.29) is 30.3 Å². The van der Waals surface area contributed by atoms with Gasteiger partial charge in [0.25, 0.3) is 0 Å². The van der Waals surface area contributed by atoms with Gasteiger partial charge in [-0.1, -0.05) is 0 Å². The third kappa shape index (κ3) is 3.22. The summed E-state index contributed by atoms with van der Waals surface area (Å²) in [5.74, 6) is 0.159. The molecule has 1 saturated carbocycles. The highest BCUT2D eigenvalue weighted by Crippen LogP contribution is 2.33. The van der Waals surface area contributed by atoms with Crippen LogP contribution in [-0.2, 0) is 9.59 Å². The first kappa shape index (κ1) is 13.3. The minimum absolute atomic E-state index is 0.135. The van der Waals surface area contributed by atoms with Crippen molar-refractivity contribution < 1.29 is 14.7 Å². The SMILES string of the molecule is CC(C)(O)CNC(=O)C1CCCN1C(=O)C1CC1. The predicted molar refractivity (Wildman–Crippen MR) is 66.8 cm³/mol. The van der Waals surface area contributed by atoms with E-state index in [4.69, 9.17) is 0 Å². The van der Waals surface area contributed by atoms with Crippen LogP contribution in [0.25, 0.3) is 0 Å². The maximum Gasteiger partial charge on any atom is 0.242 e. The lowest BCUT2D eigenvalue weighted by Gasteiger charge is -2.25. The lowest BCUT2D eigenvalue weighted by Crippen LogP contribution is -2.49. The topological polar surface area (TPSA) is 69.6 Å². The summed E-state index contributed by atoms with van der Waals surface area (Å²) in [4.78, 5) is 25.8. The third-order valence-electron chi connectivity index (χ3n) is 3.46. The van der Waals surface area contributed by atoms with Gasteiger partial charge in [-0.15, -0.1) is 0 Å². The van der Waals surface area contributed by atoms with E-state index >= 15 is 0 Å². The van der Waals surface area contributed by atoms with Crippen LogP contribution in [0.15, 0.2) is 0 Å². The molecule has 0 bridgehead atoms. The highest BCUT2D eigenvalue weighted by molar-refractivity contribution is 5.90. The summed E-state index contributed by atoms with van der Waals surface area (Å²) < 4.78 is 0. The summed E-state index contributed by atoms with van der Waals surface area (Å²) in [6.07, 6.45) is 3.55. The number of carbonyl (C=O) groups is 2. The standard InChI is InChI=1S/C13H22N2O3/c1-13(2,18)8-14-11(16)10-4-3-7-15(10)12(17)9-5-6-9/h9-10,18H,3-8H2,1-2H3,(H,14,16). The number of likely N-dealkylation sites (tertiary alicyclic amines) is 1. The molecule has 1 aliphatic carbocycles. The van der Waals surface area contributed by atoms with E-state index in [1.807, 2.05) is 0 Å². The second-order valence-electron chi connectivity index (χ2n) is 5.99. The van der Waals surface area contributed by atoms with Crippen molar-refractivity contribution in [2.45, 2.75) is 51.2 Å². The number of hydrogen-bond acceptors (Lipinski definition) is 3. The van der Waals surface area contributed by atoms with Gasteiger partial charge in [0.05, 0.1) is 5.60 Å². The van der Waals surface area contributed by atoms with Crippen LogP contribution in [0.3, 0.4) is 0 Å². The Morgan fingerprint density at radius 2 is 2.00 bits per heavy atom. The second-order valence-corrected chi connectivity index (χ2v) is 5.99. The molecule has 18 heavy (non-hydrogen) atoms. The summed E-state index contributed by atoms with van der Waals surface area (Å²) >= 11 is 0. The molecule has 1 atom stereocenters. The molecule has 5 nitrogen and oxygen atoms in total. The van der Waals surface area contributed by atoms with Gasteiger partial charge in [0.1, 0.15) is 6.04 Å². The van der Waals surface area contributed by atoms with Gasteiger partial charge >= 0.3 is 0 Å². The Morgan fingerprint density at radius 3 is 2.56 bits per heavy atom. The molecule has 0 spiro atoms. The van der Waals surface area contributed by atoms with Crippen molar-refractivity contribution in [3.05, 3.63) is 0 Å². The molecule has 1 heterocycles. The van der Waals surface area contributed by atoms with E-state index in [2.05, 4.69) is 5.32 Å². The minimum Gasteiger partial charge on any atom is -0.389 e. The van der Waals surface area contributed by atoms with Crippen molar-refractivity contribution in [2.75, 3.05) is 13.1 Å². The molecule has 2 amide bonds. The molecule has 1 saturated heterocycles. The number of carbonyl (C=O) groups excluding carboxylic acids is 2. The first-order chi connectivity index (χ1) is 8.38. The molecule has 2 fully saturated rings. The summed E-state index contributed by atoms with van der Waals surface area (Å²) in [7, 11) is 0. The van der Waals surface area contributed by atoms with Crippen LogP contribution in [0.2, 0.25) is 0 Å². The van der Waals surface area contributed by atoms with E-state index in [1.54, 1.807) is 18.7 Å². The summed E-state index contributed by atoms with van der Waals surface area (Å²) in [5, 5.41) is 12.3. The number of amides is 2. The number of aliphatic hydroxyl groups is 1. The monoisotopic (exact) mass is 254 g/mol. The van der Waals surface area contributed by atoms with E-state index in [0.717, 1.165) is 25.7 Å². The van der Waals surface area contributed by atoms with Gasteiger partial charge in [-0.25, -0.2) is 0 Å². The zero-order chi connectivity index (χ0) is 13.3. The molecule has 2 rings (SSSR count). The molecule has 1 unspecified atom stereocenters. The molecule has 0 aromatic heterocycles. The average molecular weight is 254 g/mol. The Hall–Kier alpha value is -1.10. The second kappa shape index (κ2) is 4.88. The van der Waals surface area contributed by atoms with Gasteiger partial charge in [0.15, 0.2) is 0 Å². The first-order valence-corrected chi connectivity index (χ1v) is 6.69. The van der Waals surface area contributed by atoms with Crippen LogP contribution >= 0.6 is 0 Å². The molecule has 5 heteroatoms. The lowest BCUT2D eigenvalue weighted by atomic mass is 10.1. The fraction of sp³-hybridized carbons (Fsp3) is 0.846.